The van der Waals surface area contributed by atoms with E-state index in [1.165, 1.54) is 25.0 Å². The summed E-state index contributed by atoms with van der Waals surface area (Å²) in [5.74, 6) is -2.80. The van der Waals surface area contributed by atoms with Gasteiger partial charge in [-0.1, -0.05) is 13.3 Å². The fourth-order valence-electron chi connectivity index (χ4n) is 2.42. The number of nitrogens with one attached hydrogen (secondary N) is 1. The summed E-state index contributed by atoms with van der Waals surface area (Å²) in [5, 5.41) is 3.32. The highest BCUT2D eigenvalue weighted by molar-refractivity contribution is 7.91. The predicted molar refractivity (Wildman–Crippen MR) is 70.1 cm³/mol. The van der Waals surface area contributed by atoms with Gasteiger partial charge in [0.2, 0.25) is 9.84 Å². The van der Waals surface area contributed by atoms with Crippen LogP contribution in [0.1, 0.15) is 26.2 Å². The molecule has 1 aliphatic carbocycles. The van der Waals surface area contributed by atoms with E-state index in [1.807, 2.05) is 0 Å². The molecule has 0 spiro atoms. The Balaban J connectivity index is 2.11. The predicted octanol–water partition coefficient (Wildman–Crippen LogP) is 3.28. The van der Waals surface area contributed by atoms with E-state index in [9.17, 15) is 17.2 Å². The van der Waals surface area contributed by atoms with Crippen molar-refractivity contribution in [2.45, 2.75) is 42.9 Å². The molecule has 1 saturated carbocycles. The van der Waals surface area contributed by atoms with Crippen LogP contribution in [0.2, 0.25) is 0 Å². The van der Waals surface area contributed by atoms with Crippen molar-refractivity contribution in [1.82, 2.24) is 0 Å². The average molecular weight is 289 g/mol. The van der Waals surface area contributed by atoms with Crippen molar-refractivity contribution in [1.29, 1.82) is 0 Å². The molecular formula is C13H17F2NO2S. The van der Waals surface area contributed by atoms with Crippen LogP contribution < -0.4 is 5.32 Å². The van der Waals surface area contributed by atoms with Crippen LogP contribution in [0.5, 0.6) is 0 Å². The van der Waals surface area contributed by atoms with Crippen LogP contribution in [0.3, 0.4) is 0 Å². The lowest BCUT2D eigenvalue weighted by Gasteiger charge is -2.18. The number of hydrogen-bond donors (Lipinski definition) is 1. The van der Waals surface area contributed by atoms with E-state index < -0.39 is 15.6 Å². The fraction of sp³-hybridized carbons (Fsp3) is 0.538. The van der Waals surface area contributed by atoms with E-state index in [0.717, 1.165) is 12.1 Å². The highest BCUT2D eigenvalue weighted by Crippen LogP contribution is 2.28. The van der Waals surface area contributed by atoms with E-state index in [4.69, 9.17) is 0 Å². The molecule has 2 unspecified atom stereocenters. The number of sulfone groups is 1. The molecule has 19 heavy (non-hydrogen) atoms. The Kier molecular flexibility index (Phi) is 4.08. The number of hydrogen-bond acceptors (Lipinski definition) is 3. The average Bonchev–Trinajstić information content (AvgIpc) is 2.75. The zero-order valence-corrected chi connectivity index (χ0v) is 11.5. The summed E-state index contributed by atoms with van der Waals surface area (Å²) in [4.78, 5) is -0.340. The van der Waals surface area contributed by atoms with Gasteiger partial charge in [-0.15, -0.1) is 0 Å². The van der Waals surface area contributed by atoms with E-state index >= 15 is 0 Å². The van der Waals surface area contributed by atoms with E-state index in [2.05, 4.69) is 12.2 Å². The van der Waals surface area contributed by atoms with Gasteiger partial charge in [-0.2, -0.15) is 8.78 Å². The van der Waals surface area contributed by atoms with Gasteiger partial charge >= 0.3 is 5.76 Å². The fourth-order valence-corrected chi connectivity index (χ4v) is 3.14. The Morgan fingerprint density at radius 2 is 1.84 bits per heavy atom. The topological polar surface area (TPSA) is 46.2 Å². The van der Waals surface area contributed by atoms with Gasteiger partial charge in [-0.25, -0.2) is 8.42 Å². The number of alkyl halides is 2. The molecule has 0 bridgehead atoms. The van der Waals surface area contributed by atoms with Gasteiger partial charge in [0.05, 0.1) is 4.90 Å². The Morgan fingerprint density at radius 3 is 2.32 bits per heavy atom. The number of halogens is 2. The largest absolute Gasteiger partial charge is 0.382 e. The van der Waals surface area contributed by atoms with Crippen LogP contribution in [0.4, 0.5) is 14.5 Å². The van der Waals surface area contributed by atoms with Gasteiger partial charge < -0.3 is 5.32 Å². The molecule has 0 aliphatic heterocycles. The lowest BCUT2D eigenvalue weighted by Crippen LogP contribution is -2.21. The summed E-state index contributed by atoms with van der Waals surface area (Å²) in [7, 11) is -4.49. The standard InChI is InChI=1S/C13H17F2NO2S/c1-9-3-2-4-12(9)16-10-5-7-11(8-6-10)19(17,18)13(14)15/h5-9,12-13,16H,2-4H2,1H3. The monoisotopic (exact) mass is 289 g/mol. The molecule has 3 nitrogen and oxygen atoms in total. The Morgan fingerprint density at radius 1 is 1.21 bits per heavy atom. The Bertz CT molecular complexity index is 528. The summed E-state index contributed by atoms with van der Waals surface area (Å²) in [5.41, 5.74) is 0.770. The molecule has 0 heterocycles. The summed E-state index contributed by atoms with van der Waals surface area (Å²) in [6.45, 7) is 2.17. The second-order valence-corrected chi connectivity index (χ2v) is 6.91. The molecule has 106 valence electrons. The minimum absolute atomic E-state index is 0.340. The van der Waals surface area contributed by atoms with Crippen LogP contribution in [0.15, 0.2) is 29.2 Å². The first-order valence-electron chi connectivity index (χ1n) is 6.30. The van der Waals surface area contributed by atoms with E-state index in [0.29, 0.717) is 12.0 Å². The lowest BCUT2D eigenvalue weighted by atomic mass is 10.1. The van der Waals surface area contributed by atoms with Crippen LogP contribution in [-0.4, -0.2) is 20.2 Å². The van der Waals surface area contributed by atoms with Crippen molar-refractivity contribution >= 4 is 15.5 Å². The highest BCUT2D eigenvalue weighted by atomic mass is 32.2. The summed E-state index contributed by atoms with van der Waals surface area (Å²) < 4.78 is 47.3. The van der Waals surface area contributed by atoms with Gasteiger partial charge in [0, 0.05) is 11.7 Å². The van der Waals surface area contributed by atoms with Gasteiger partial charge in [0.15, 0.2) is 0 Å². The molecule has 0 amide bonds. The SMILES string of the molecule is CC1CCCC1Nc1ccc(S(=O)(=O)C(F)F)cc1. The van der Waals surface area contributed by atoms with Gasteiger partial charge in [0.1, 0.15) is 0 Å². The third-order valence-electron chi connectivity index (χ3n) is 3.63. The third kappa shape index (κ3) is 3.05. The van der Waals surface area contributed by atoms with Crippen molar-refractivity contribution in [3.05, 3.63) is 24.3 Å². The summed E-state index contributed by atoms with van der Waals surface area (Å²) >= 11 is 0. The molecule has 0 saturated heterocycles. The lowest BCUT2D eigenvalue weighted by molar-refractivity contribution is 0.234. The van der Waals surface area contributed by atoms with E-state index in [1.54, 1.807) is 12.1 Å². The molecule has 1 aliphatic rings. The second kappa shape index (κ2) is 5.45. The molecule has 1 fully saturated rings. The summed E-state index contributed by atoms with van der Waals surface area (Å²) in [6.07, 6.45) is 3.43. The second-order valence-electron chi connectivity index (χ2n) is 4.99. The molecule has 1 aromatic carbocycles. The van der Waals surface area contributed by atoms with E-state index in [-0.39, 0.29) is 4.90 Å². The molecule has 0 aromatic heterocycles. The van der Waals surface area contributed by atoms with Crippen LogP contribution in [0, 0.1) is 5.92 Å². The first-order valence-corrected chi connectivity index (χ1v) is 7.84. The van der Waals surface area contributed by atoms with Crippen LogP contribution in [-0.2, 0) is 9.84 Å². The maximum atomic E-state index is 12.4. The summed E-state index contributed by atoms with van der Waals surface area (Å²) in [6, 6.07) is 5.91. The molecule has 2 rings (SSSR count). The molecule has 0 radical (unpaired) electrons. The first-order chi connectivity index (χ1) is 8.91. The molecule has 2 atom stereocenters. The van der Waals surface area contributed by atoms with Crippen molar-refractivity contribution in [3.63, 3.8) is 0 Å². The number of rotatable bonds is 4. The third-order valence-corrected chi connectivity index (χ3v) is 5.03. The highest BCUT2D eigenvalue weighted by Gasteiger charge is 2.27. The normalized spacial score (nSPS) is 23.8. The minimum Gasteiger partial charge on any atom is -0.382 e. The number of anilines is 1. The molecule has 1 N–H and O–H groups in total. The maximum Gasteiger partial charge on any atom is 0.341 e. The van der Waals surface area contributed by atoms with Crippen LogP contribution in [0.25, 0.3) is 0 Å². The Labute approximate surface area is 111 Å². The molecule has 6 heteroatoms. The van der Waals surface area contributed by atoms with Gasteiger partial charge in [0.25, 0.3) is 0 Å². The first kappa shape index (κ1) is 14.2. The molecule has 1 aromatic rings. The zero-order chi connectivity index (χ0) is 14.0. The van der Waals surface area contributed by atoms with Crippen molar-refractivity contribution < 1.29 is 17.2 Å². The van der Waals surface area contributed by atoms with Crippen LogP contribution >= 0.6 is 0 Å². The quantitative estimate of drug-likeness (QED) is 0.925. The van der Waals surface area contributed by atoms with Crippen molar-refractivity contribution in [3.8, 4) is 0 Å². The smallest absolute Gasteiger partial charge is 0.341 e. The minimum atomic E-state index is -4.49. The van der Waals surface area contributed by atoms with Gasteiger partial charge in [-0.05, 0) is 43.0 Å². The van der Waals surface area contributed by atoms with Crippen molar-refractivity contribution in [2.24, 2.45) is 5.92 Å². The Hall–Kier alpha value is -1.17. The van der Waals surface area contributed by atoms with Crippen molar-refractivity contribution in [2.75, 3.05) is 5.32 Å². The zero-order valence-electron chi connectivity index (χ0n) is 10.6. The molecular weight excluding hydrogens is 272 g/mol. The number of benzene rings is 1. The maximum absolute atomic E-state index is 12.4. The van der Waals surface area contributed by atoms with Gasteiger partial charge in [-0.3, -0.25) is 0 Å².